The van der Waals surface area contributed by atoms with Crippen LogP contribution in [0.2, 0.25) is 0 Å². The number of aromatic nitrogens is 3. The number of ether oxygens (including phenoxy) is 1. The molecule has 0 radical (unpaired) electrons. The second-order valence-corrected chi connectivity index (χ2v) is 8.51. The molecule has 1 N–H and O–H groups in total. The van der Waals surface area contributed by atoms with Crippen molar-refractivity contribution in [2.75, 3.05) is 39.9 Å². The fourth-order valence-corrected chi connectivity index (χ4v) is 5.01. The number of aromatic amines is 1. The molecule has 2 fully saturated rings. The zero-order valence-corrected chi connectivity index (χ0v) is 17.9. The summed E-state index contributed by atoms with van der Waals surface area (Å²) in [6, 6.07) is 6.30. The molecule has 4 rings (SSSR count). The van der Waals surface area contributed by atoms with E-state index in [9.17, 15) is 4.79 Å². The molecule has 2 aliphatic rings. The van der Waals surface area contributed by atoms with Crippen LogP contribution in [0.5, 0.6) is 0 Å². The maximum Gasteiger partial charge on any atom is 0.271 e. The van der Waals surface area contributed by atoms with Gasteiger partial charge in [-0.3, -0.25) is 14.9 Å². The quantitative estimate of drug-likeness (QED) is 0.675. The maximum absolute atomic E-state index is 13.4. The van der Waals surface area contributed by atoms with Crippen molar-refractivity contribution in [3.63, 3.8) is 0 Å². The Labute approximate surface area is 178 Å². The monoisotopic (exact) mass is 411 g/mol. The summed E-state index contributed by atoms with van der Waals surface area (Å²) in [7, 11) is 1.71. The predicted octanol–water partition coefficient (Wildman–Crippen LogP) is 3.21. The van der Waals surface area contributed by atoms with Crippen LogP contribution in [0.3, 0.4) is 0 Å². The van der Waals surface area contributed by atoms with E-state index in [0.29, 0.717) is 30.8 Å². The molecule has 1 amide bonds. The summed E-state index contributed by atoms with van der Waals surface area (Å²) in [5.74, 6) is 0.577. The fourth-order valence-electron chi connectivity index (χ4n) is 5.01. The molecule has 7 nitrogen and oxygen atoms in total. The highest BCUT2D eigenvalue weighted by Crippen LogP contribution is 2.31. The summed E-state index contributed by atoms with van der Waals surface area (Å²) in [5, 5.41) is 7.31. The minimum absolute atomic E-state index is 0.0293. The Morgan fingerprint density at radius 3 is 3.03 bits per heavy atom. The normalized spacial score (nSPS) is 21.9. The Kier molecular flexibility index (Phi) is 7.12. The van der Waals surface area contributed by atoms with Gasteiger partial charge in [0.25, 0.3) is 5.91 Å². The first-order valence-electron chi connectivity index (χ1n) is 11.2. The first-order valence-corrected chi connectivity index (χ1v) is 11.2. The summed E-state index contributed by atoms with van der Waals surface area (Å²) in [5.41, 5.74) is 2.20. The summed E-state index contributed by atoms with van der Waals surface area (Å²) in [4.78, 5) is 22.2. The van der Waals surface area contributed by atoms with Crippen LogP contribution >= 0.6 is 0 Å². The Hall–Kier alpha value is -2.25. The van der Waals surface area contributed by atoms with Gasteiger partial charge in [0.1, 0.15) is 5.69 Å². The van der Waals surface area contributed by atoms with Crippen molar-refractivity contribution < 1.29 is 9.53 Å². The minimum Gasteiger partial charge on any atom is -0.385 e. The van der Waals surface area contributed by atoms with E-state index in [1.807, 2.05) is 23.1 Å². The third-order valence-corrected chi connectivity index (χ3v) is 6.51. The molecular formula is C23H33N5O2. The van der Waals surface area contributed by atoms with Gasteiger partial charge < -0.3 is 14.5 Å². The molecule has 0 aromatic carbocycles. The van der Waals surface area contributed by atoms with Gasteiger partial charge in [0.05, 0.1) is 5.69 Å². The van der Waals surface area contributed by atoms with Crippen molar-refractivity contribution in [1.29, 1.82) is 0 Å². The van der Waals surface area contributed by atoms with Gasteiger partial charge in [-0.15, -0.1) is 0 Å². The molecule has 30 heavy (non-hydrogen) atoms. The number of nitrogens with zero attached hydrogens (tertiary/aromatic N) is 4. The Balaban J connectivity index is 1.48. The highest BCUT2D eigenvalue weighted by molar-refractivity contribution is 5.93. The Bertz CT molecular complexity index is 807. The molecule has 4 heterocycles. The largest absolute Gasteiger partial charge is 0.385 e. The van der Waals surface area contributed by atoms with E-state index in [4.69, 9.17) is 4.74 Å². The number of amides is 1. The molecule has 2 aromatic heterocycles. The number of nitrogens with one attached hydrogen (secondary N) is 1. The second kappa shape index (κ2) is 10.2. The lowest BCUT2D eigenvalue weighted by Gasteiger charge is -2.45. The van der Waals surface area contributed by atoms with E-state index >= 15 is 0 Å². The lowest BCUT2D eigenvalue weighted by molar-refractivity contribution is 0.0344. The van der Waals surface area contributed by atoms with Gasteiger partial charge in [-0.2, -0.15) is 5.10 Å². The third kappa shape index (κ3) is 4.90. The highest BCUT2D eigenvalue weighted by atomic mass is 16.5. The number of hydrogen-bond donors (Lipinski definition) is 1. The number of H-pyrrole nitrogens is 1. The molecule has 0 unspecified atom stereocenters. The van der Waals surface area contributed by atoms with Crippen molar-refractivity contribution in [3.8, 4) is 11.3 Å². The number of methoxy groups -OCH3 is 1. The van der Waals surface area contributed by atoms with Gasteiger partial charge in [-0.1, -0.05) is 6.42 Å². The summed E-state index contributed by atoms with van der Waals surface area (Å²) >= 11 is 0. The fraction of sp³-hybridized carbons (Fsp3) is 0.609. The van der Waals surface area contributed by atoms with Gasteiger partial charge in [0.15, 0.2) is 0 Å². The van der Waals surface area contributed by atoms with Crippen LogP contribution < -0.4 is 0 Å². The average Bonchev–Trinajstić information content (AvgIpc) is 3.29. The number of fused-ring (bicyclic) bond motifs is 1. The molecule has 162 valence electrons. The standard InChI is InChI=1S/C23H33N5O2/c1-30-14-6-13-28(17-19-8-5-12-27-11-3-2-9-22(19)27)23(29)21-15-20(25-26-21)18-7-4-10-24-16-18/h4,7,10,15-16,19,22H,2-3,5-6,8-9,11-14,17H2,1H3,(H,25,26)/t19-,22-/m0/s1. The topological polar surface area (TPSA) is 74.3 Å². The maximum atomic E-state index is 13.4. The number of rotatable bonds is 8. The van der Waals surface area contributed by atoms with Crippen molar-refractivity contribution in [2.45, 2.75) is 44.6 Å². The molecule has 0 bridgehead atoms. The van der Waals surface area contributed by atoms with E-state index in [2.05, 4.69) is 20.1 Å². The van der Waals surface area contributed by atoms with Gasteiger partial charge in [0.2, 0.25) is 0 Å². The molecule has 7 heteroatoms. The Morgan fingerprint density at radius 1 is 1.30 bits per heavy atom. The van der Waals surface area contributed by atoms with Gasteiger partial charge in [-0.25, -0.2) is 0 Å². The molecule has 2 saturated heterocycles. The SMILES string of the molecule is COCCCN(C[C@@H]1CCCN2CCCC[C@@H]12)C(=O)c1cc(-c2cccnc2)n[nH]1. The van der Waals surface area contributed by atoms with Gasteiger partial charge >= 0.3 is 0 Å². The van der Waals surface area contributed by atoms with Crippen LogP contribution in [0.15, 0.2) is 30.6 Å². The zero-order chi connectivity index (χ0) is 20.8. The third-order valence-electron chi connectivity index (χ3n) is 6.51. The van der Waals surface area contributed by atoms with Gasteiger partial charge in [-0.05, 0) is 69.3 Å². The number of pyridine rings is 1. The van der Waals surface area contributed by atoms with Crippen molar-refractivity contribution >= 4 is 5.91 Å². The van der Waals surface area contributed by atoms with Crippen molar-refractivity contribution in [2.24, 2.45) is 5.92 Å². The van der Waals surface area contributed by atoms with E-state index < -0.39 is 0 Å². The van der Waals surface area contributed by atoms with E-state index in [1.165, 1.54) is 45.2 Å². The average molecular weight is 412 g/mol. The minimum atomic E-state index is 0.0293. The molecular weight excluding hydrogens is 378 g/mol. The van der Waals surface area contributed by atoms with Crippen LogP contribution in [0.25, 0.3) is 11.3 Å². The van der Waals surface area contributed by atoms with Crippen LogP contribution in [-0.2, 0) is 4.74 Å². The van der Waals surface area contributed by atoms with E-state index in [0.717, 1.165) is 24.2 Å². The smallest absolute Gasteiger partial charge is 0.271 e. The molecule has 2 atom stereocenters. The molecule has 0 saturated carbocycles. The summed E-state index contributed by atoms with van der Waals surface area (Å²) in [6.07, 6.45) is 10.7. The first-order chi connectivity index (χ1) is 14.8. The summed E-state index contributed by atoms with van der Waals surface area (Å²) in [6.45, 7) is 4.61. The lowest BCUT2D eigenvalue weighted by Crippen LogP contribution is -2.51. The Morgan fingerprint density at radius 2 is 2.20 bits per heavy atom. The van der Waals surface area contributed by atoms with E-state index in [-0.39, 0.29) is 5.91 Å². The number of hydrogen-bond acceptors (Lipinski definition) is 5. The highest BCUT2D eigenvalue weighted by Gasteiger charge is 2.35. The lowest BCUT2D eigenvalue weighted by atomic mass is 9.83. The first kappa shape index (κ1) is 21.0. The van der Waals surface area contributed by atoms with Crippen LogP contribution in [0.4, 0.5) is 0 Å². The van der Waals surface area contributed by atoms with Crippen LogP contribution in [0, 0.1) is 5.92 Å². The number of carbonyl (C=O) groups is 1. The van der Waals surface area contributed by atoms with Crippen molar-refractivity contribution in [1.82, 2.24) is 25.0 Å². The molecule has 2 aliphatic heterocycles. The van der Waals surface area contributed by atoms with Gasteiger partial charge in [0, 0.05) is 50.8 Å². The summed E-state index contributed by atoms with van der Waals surface area (Å²) < 4.78 is 5.24. The molecule has 2 aromatic rings. The molecule has 0 spiro atoms. The van der Waals surface area contributed by atoms with E-state index in [1.54, 1.807) is 19.5 Å². The molecule has 0 aliphatic carbocycles. The van der Waals surface area contributed by atoms with Crippen LogP contribution in [-0.4, -0.2) is 76.8 Å². The number of piperidine rings is 2. The van der Waals surface area contributed by atoms with Crippen molar-refractivity contribution in [3.05, 3.63) is 36.3 Å². The van der Waals surface area contributed by atoms with Crippen LogP contribution in [0.1, 0.15) is 49.0 Å². The predicted molar refractivity (Wildman–Crippen MR) is 116 cm³/mol. The second-order valence-electron chi connectivity index (χ2n) is 8.51. The zero-order valence-electron chi connectivity index (χ0n) is 17.9. The number of carbonyl (C=O) groups excluding carboxylic acids is 1.